The maximum absolute atomic E-state index is 12.9. The molecule has 2 nitrogen and oxygen atoms in total. The summed E-state index contributed by atoms with van der Waals surface area (Å²) in [6, 6.07) is 3.59. The van der Waals surface area contributed by atoms with Crippen LogP contribution in [0.25, 0.3) is 15.7 Å². The molecular formula is C11H6F2N2. The van der Waals surface area contributed by atoms with Crippen molar-refractivity contribution in [3.05, 3.63) is 46.9 Å². The Morgan fingerprint density at radius 1 is 1.20 bits per heavy atom. The van der Waals surface area contributed by atoms with Crippen molar-refractivity contribution >= 4 is 16.6 Å². The number of nitrogens with zero attached hydrogens (tertiary/aromatic N) is 2. The van der Waals surface area contributed by atoms with Crippen molar-refractivity contribution in [1.82, 2.24) is 4.98 Å². The van der Waals surface area contributed by atoms with Gasteiger partial charge in [0.15, 0.2) is 11.6 Å². The maximum Gasteiger partial charge on any atom is 0.208 e. The van der Waals surface area contributed by atoms with Crippen LogP contribution >= 0.6 is 0 Å². The van der Waals surface area contributed by atoms with Crippen LogP contribution in [-0.2, 0) is 0 Å². The lowest BCUT2D eigenvalue weighted by atomic mass is 10.1. The first-order valence-electron chi connectivity index (χ1n) is 4.25. The summed E-state index contributed by atoms with van der Waals surface area (Å²) in [6.07, 6.45) is 0. The number of benzene rings is 1. The number of hydrogen-bond acceptors (Lipinski definition) is 1. The summed E-state index contributed by atoms with van der Waals surface area (Å²) < 4.78 is 25.8. The first-order valence-corrected chi connectivity index (χ1v) is 4.25. The van der Waals surface area contributed by atoms with Gasteiger partial charge in [-0.1, -0.05) is 0 Å². The summed E-state index contributed by atoms with van der Waals surface area (Å²) in [5.41, 5.74) is 1.23. The van der Waals surface area contributed by atoms with Gasteiger partial charge in [-0.2, -0.15) is 0 Å². The van der Waals surface area contributed by atoms with E-state index in [9.17, 15) is 8.78 Å². The minimum Gasteiger partial charge on any atom is -0.265 e. The van der Waals surface area contributed by atoms with Gasteiger partial charge < -0.3 is 0 Å². The molecule has 0 radical (unpaired) electrons. The molecule has 0 aliphatic carbocycles. The van der Waals surface area contributed by atoms with Crippen LogP contribution < -0.4 is 0 Å². The molecule has 0 saturated heterocycles. The third-order valence-corrected chi connectivity index (χ3v) is 2.14. The number of fused-ring (bicyclic) bond motifs is 1. The van der Waals surface area contributed by atoms with Crippen LogP contribution in [0.5, 0.6) is 0 Å². The summed E-state index contributed by atoms with van der Waals surface area (Å²) in [5, 5.41) is 0.436. The number of halogens is 2. The normalized spacial score (nSPS) is 10.3. The van der Waals surface area contributed by atoms with E-state index >= 15 is 0 Å². The van der Waals surface area contributed by atoms with Crippen LogP contribution in [0.1, 0.15) is 5.69 Å². The monoisotopic (exact) mass is 204 g/mol. The highest BCUT2D eigenvalue weighted by Crippen LogP contribution is 2.24. The van der Waals surface area contributed by atoms with Gasteiger partial charge in [0.2, 0.25) is 5.69 Å². The fourth-order valence-corrected chi connectivity index (χ4v) is 1.37. The van der Waals surface area contributed by atoms with Crippen molar-refractivity contribution in [2.24, 2.45) is 0 Å². The minimum atomic E-state index is -0.927. The average Bonchev–Trinajstić information content (AvgIpc) is 2.20. The van der Waals surface area contributed by atoms with Crippen LogP contribution in [-0.4, -0.2) is 4.98 Å². The van der Waals surface area contributed by atoms with Crippen molar-refractivity contribution in [1.29, 1.82) is 0 Å². The predicted octanol–water partition coefficient (Wildman–Crippen LogP) is 3.37. The first kappa shape index (κ1) is 9.53. The van der Waals surface area contributed by atoms with Gasteiger partial charge in [-0.15, -0.1) is 0 Å². The van der Waals surface area contributed by atoms with Gasteiger partial charge in [0.1, 0.15) is 0 Å². The zero-order chi connectivity index (χ0) is 11.0. The molecule has 0 bridgehead atoms. The molecule has 0 saturated carbocycles. The van der Waals surface area contributed by atoms with Crippen molar-refractivity contribution in [3.8, 4) is 0 Å². The molecule has 2 rings (SSSR count). The van der Waals surface area contributed by atoms with Gasteiger partial charge in [-0.05, 0) is 24.4 Å². The molecular weight excluding hydrogens is 198 g/mol. The predicted molar refractivity (Wildman–Crippen MR) is 52.7 cm³/mol. The highest BCUT2D eigenvalue weighted by Gasteiger charge is 2.07. The second-order valence-electron chi connectivity index (χ2n) is 3.16. The van der Waals surface area contributed by atoms with E-state index in [0.29, 0.717) is 22.3 Å². The van der Waals surface area contributed by atoms with Crippen LogP contribution in [0.4, 0.5) is 14.5 Å². The molecule has 0 unspecified atom stereocenters. The van der Waals surface area contributed by atoms with Crippen molar-refractivity contribution in [2.75, 3.05) is 0 Å². The maximum atomic E-state index is 12.9. The Hall–Kier alpha value is -2.02. The quantitative estimate of drug-likeness (QED) is 0.601. The third kappa shape index (κ3) is 1.52. The van der Waals surface area contributed by atoms with Crippen molar-refractivity contribution in [3.63, 3.8) is 0 Å². The number of hydrogen-bond donors (Lipinski definition) is 0. The Labute approximate surface area is 85.0 Å². The van der Waals surface area contributed by atoms with E-state index in [-0.39, 0.29) is 0 Å². The molecule has 15 heavy (non-hydrogen) atoms. The first-order chi connectivity index (χ1) is 7.11. The van der Waals surface area contributed by atoms with E-state index < -0.39 is 11.6 Å². The molecule has 4 heteroatoms. The van der Waals surface area contributed by atoms with E-state index in [1.807, 2.05) is 0 Å². The fourth-order valence-electron chi connectivity index (χ4n) is 1.37. The van der Waals surface area contributed by atoms with E-state index in [2.05, 4.69) is 9.83 Å². The molecule has 0 fully saturated rings. The molecule has 1 aromatic carbocycles. The van der Waals surface area contributed by atoms with E-state index in [1.54, 1.807) is 6.92 Å². The average molecular weight is 204 g/mol. The molecule has 0 amide bonds. The second kappa shape index (κ2) is 3.28. The molecule has 0 aliphatic heterocycles. The van der Waals surface area contributed by atoms with Gasteiger partial charge in [-0.25, -0.2) is 13.6 Å². The largest absolute Gasteiger partial charge is 0.265 e. The topological polar surface area (TPSA) is 17.2 Å². The van der Waals surface area contributed by atoms with Gasteiger partial charge >= 0.3 is 0 Å². The van der Waals surface area contributed by atoms with Gasteiger partial charge in [0.25, 0.3) is 0 Å². The second-order valence-corrected chi connectivity index (χ2v) is 3.16. The molecule has 0 aliphatic rings. The number of aryl methyl sites for hydroxylation is 1. The highest BCUT2D eigenvalue weighted by molar-refractivity contribution is 5.83. The molecule has 1 aromatic heterocycles. The lowest BCUT2D eigenvalue weighted by Gasteiger charge is -2.02. The highest BCUT2D eigenvalue weighted by atomic mass is 19.2. The van der Waals surface area contributed by atoms with Crippen LogP contribution in [0.15, 0.2) is 18.2 Å². The molecule has 1 heterocycles. The fraction of sp³-hybridized carbons (Fsp3) is 0.0909. The zero-order valence-electron chi connectivity index (χ0n) is 7.88. The minimum absolute atomic E-state index is 0.355. The van der Waals surface area contributed by atoms with Gasteiger partial charge in [-0.3, -0.25) is 4.98 Å². The number of pyridine rings is 1. The summed E-state index contributed by atoms with van der Waals surface area (Å²) in [6.45, 7) is 8.53. The Kier molecular flexibility index (Phi) is 2.09. The smallest absolute Gasteiger partial charge is 0.208 e. The van der Waals surface area contributed by atoms with E-state index in [0.717, 1.165) is 12.1 Å². The lowest BCUT2D eigenvalue weighted by Crippen LogP contribution is -1.89. The summed E-state index contributed by atoms with van der Waals surface area (Å²) in [7, 11) is 0. The Bertz CT molecular complexity index is 585. The zero-order valence-corrected chi connectivity index (χ0v) is 7.88. The SMILES string of the molecule is [C-]#[N+]c1cc2cc(F)c(F)cc2nc1C. The standard InChI is InChI=1S/C11H6F2N2/c1-6-10(14-2)4-7-3-8(12)9(13)5-11(7)15-6/h3-5H,1H3. The van der Waals surface area contributed by atoms with E-state index in [1.165, 1.54) is 6.07 Å². The number of aromatic nitrogens is 1. The molecule has 74 valence electrons. The van der Waals surface area contributed by atoms with Gasteiger partial charge in [0, 0.05) is 11.8 Å². The Balaban J connectivity index is 2.84. The summed E-state index contributed by atoms with van der Waals surface area (Å²) in [5.74, 6) is -1.85. The molecule has 2 aromatic rings. The van der Waals surface area contributed by atoms with Crippen LogP contribution in [0.2, 0.25) is 0 Å². The van der Waals surface area contributed by atoms with Crippen molar-refractivity contribution in [2.45, 2.75) is 6.92 Å². The Morgan fingerprint density at radius 3 is 2.53 bits per heavy atom. The third-order valence-electron chi connectivity index (χ3n) is 2.14. The molecule has 0 spiro atoms. The van der Waals surface area contributed by atoms with Crippen LogP contribution in [0, 0.1) is 25.1 Å². The van der Waals surface area contributed by atoms with Crippen LogP contribution in [0.3, 0.4) is 0 Å². The lowest BCUT2D eigenvalue weighted by molar-refractivity contribution is 0.510. The molecule has 0 N–H and O–H groups in total. The van der Waals surface area contributed by atoms with E-state index in [4.69, 9.17) is 6.57 Å². The van der Waals surface area contributed by atoms with Gasteiger partial charge in [0.05, 0.1) is 12.1 Å². The Morgan fingerprint density at radius 2 is 1.87 bits per heavy atom. The van der Waals surface area contributed by atoms with Crippen molar-refractivity contribution < 1.29 is 8.78 Å². The summed E-state index contributed by atoms with van der Waals surface area (Å²) in [4.78, 5) is 7.27. The number of rotatable bonds is 0. The summed E-state index contributed by atoms with van der Waals surface area (Å²) >= 11 is 0. The molecule has 0 atom stereocenters.